The number of aliphatic carboxylic acids is 1. The SMILES string of the molecule is C[C@](CCCCn1cnc2c1NC=NCC2O)(Cc1cccc(Br)c1)C(=O)O. The van der Waals surface area contributed by atoms with Crippen molar-refractivity contribution in [3.8, 4) is 0 Å². The van der Waals surface area contributed by atoms with Crippen LogP contribution in [0, 0.1) is 5.41 Å². The summed E-state index contributed by atoms with van der Waals surface area (Å²) in [5.74, 6) is -0.0196. The van der Waals surface area contributed by atoms with Crippen LogP contribution in [0.1, 0.15) is 43.5 Å². The Morgan fingerprint density at radius 3 is 3.00 bits per heavy atom. The number of imidazole rings is 1. The molecule has 2 aromatic rings. The standard InChI is InChI=1S/C20H25BrN4O3/c1-20(19(27)28,10-14-5-4-6-15(21)9-14)7-2-3-8-25-13-24-17-16(26)11-22-12-23-18(17)25/h4-6,9,12-13,16,26H,2-3,7-8,10-11H2,1H3,(H,22,23)(H,27,28)/t16?,20-/m0/s1. The van der Waals surface area contributed by atoms with Gasteiger partial charge in [-0.2, -0.15) is 0 Å². The Bertz CT molecular complexity index is 867. The summed E-state index contributed by atoms with van der Waals surface area (Å²) in [6.07, 6.45) is 5.25. The van der Waals surface area contributed by atoms with Gasteiger partial charge >= 0.3 is 5.97 Å². The highest BCUT2D eigenvalue weighted by atomic mass is 79.9. The first-order valence-electron chi connectivity index (χ1n) is 9.35. The van der Waals surface area contributed by atoms with Crippen molar-refractivity contribution in [2.45, 2.75) is 45.3 Å². The zero-order valence-corrected chi connectivity index (χ0v) is 17.4. The molecule has 0 radical (unpaired) electrons. The van der Waals surface area contributed by atoms with Crippen molar-refractivity contribution >= 4 is 34.1 Å². The molecular formula is C20H25BrN4O3. The average molecular weight is 449 g/mol. The fourth-order valence-corrected chi connectivity index (χ4v) is 3.93. The van der Waals surface area contributed by atoms with E-state index in [4.69, 9.17) is 0 Å². The van der Waals surface area contributed by atoms with E-state index in [1.54, 1.807) is 12.7 Å². The van der Waals surface area contributed by atoms with Crippen molar-refractivity contribution in [2.75, 3.05) is 11.9 Å². The molecule has 0 saturated heterocycles. The van der Waals surface area contributed by atoms with Gasteiger partial charge in [0, 0.05) is 11.0 Å². The predicted molar refractivity (Wildman–Crippen MR) is 112 cm³/mol. The molecule has 3 rings (SSSR count). The Balaban J connectivity index is 1.58. The third-order valence-electron chi connectivity index (χ3n) is 5.13. The number of benzene rings is 1. The molecule has 1 aliphatic heterocycles. The maximum atomic E-state index is 11.9. The Kier molecular flexibility index (Phi) is 6.51. The van der Waals surface area contributed by atoms with E-state index >= 15 is 0 Å². The number of carbonyl (C=O) groups is 1. The van der Waals surface area contributed by atoms with Crippen molar-refractivity contribution in [1.29, 1.82) is 0 Å². The molecule has 8 heteroatoms. The van der Waals surface area contributed by atoms with Crippen molar-refractivity contribution in [3.63, 3.8) is 0 Å². The molecule has 7 nitrogen and oxygen atoms in total. The van der Waals surface area contributed by atoms with E-state index < -0.39 is 17.5 Å². The Morgan fingerprint density at radius 1 is 1.43 bits per heavy atom. The summed E-state index contributed by atoms with van der Waals surface area (Å²) in [5.41, 5.74) is 0.799. The van der Waals surface area contributed by atoms with E-state index in [0.717, 1.165) is 28.7 Å². The van der Waals surface area contributed by atoms with E-state index in [1.807, 2.05) is 35.8 Å². The summed E-state index contributed by atoms with van der Waals surface area (Å²) in [6, 6.07) is 7.80. The topological polar surface area (TPSA) is 99.7 Å². The number of aromatic nitrogens is 2. The number of nitrogens with one attached hydrogen (secondary N) is 1. The van der Waals surface area contributed by atoms with Gasteiger partial charge in [-0.15, -0.1) is 0 Å². The highest BCUT2D eigenvalue weighted by Crippen LogP contribution is 2.31. The number of aryl methyl sites for hydroxylation is 1. The maximum Gasteiger partial charge on any atom is 0.309 e. The lowest BCUT2D eigenvalue weighted by molar-refractivity contribution is -0.148. The third-order valence-corrected chi connectivity index (χ3v) is 5.62. The molecule has 1 unspecified atom stereocenters. The van der Waals surface area contributed by atoms with Gasteiger partial charge in [0.1, 0.15) is 17.6 Å². The summed E-state index contributed by atoms with van der Waals surface area (Å²) in [4.78, 5) is 20.3. The van der Waals surface area contributed by atoms with Crippen molar-refractivity contribution in [1.82, 2.24) is 9.55 Å². The molecular weight excluding hydrogens is 424 g/mol. The van der Waals surface area contributed by atoms with Gasteiger partial charge in [-0.3, -0.25) is 9.79 Å². The van der Waals surface area contributed by atoms with Crippen LogP contribution < -0.4 is 5.32 Å². The van der Waals surface area contributed by atoms with Crippen LogP contribution in [0.15, 0.2) is 40.1 Å². The minimum Gasteiger partial charge on any atom is -0.481 e. The molecule has 0 fully saturated rings. The first-order valence-corrected chi connectivity index (χ1v) is 10.1. The molecule has 150 valence electrons. The summed E-state index contributed by atoms with van der Waals surface area (Å²) in [6.45, 7) is 2.81. The molecule has 2 heterocycles. The van der Waals surface area contributed by atoms with Crippen molar-refractivity contribution in [2.24, 2.45) is 10.4 Å². The van der Waals surface area contributed by atoms with Gasteiger partial charge < -0.3 is 20.1 Å². The van der Waals surface area contributed by atoms with Crippen LogP contribution in [0.5, 0.6) is 0 Å². The molecule has 0 amide bonds. The van der Waals surface area contributed by atoms with Crippen LogP contribution in [-0.2, 0) is 17.8 Å². The molecule has 3 N–H and O–H groups in total. The third kappa shape index (κ3) is 4.80. The lowest BCUT2D eigenvalue weighted by atomic mass is 9.79. The molecule has 28 heavy (non-hydrogen) atoms. The van der Waals surface area contributed by atoms with E-state index in [-0.39, 0.29) is 0 Å². The molecule has 1 aliphatic rings. The number of halogens is 1. The second-order valence-corrected chi connectivity index (χ2v) is 8.37. The van der Waals surface area contributed by atoms with Gasteiger partial charge in [-0.1, -0.05) is 34.5 Å². The highest BCUT2D eigenvalue weighted by Gasteiger charge is 2.32. The monoisotopic (exact) mass is 448 g/mol. The van der Waals surface area contributed by atoms with E-state index in [9.17, 15) is 15.0 Å². The predicted octanol–water partition coefficient (Wildman–Crippen LogP) is 3.64. The van der Waals surface area contributed by atoms with Gasteiger partial charge in [0.2, 0.25) is 0 Å². The van der Waals surface area contributed by atoms with Crippen LogP contribution in [0.3, 0.4) is 0 Å². The Labute approximate surface area is 172 Å². The van der Waals surface area contributed by atoms with Gasteiger partial charge in [0.15, 0.2) is 0 Å². The summed E-state index contributed by atoms with van der Waals surface area (Å²) in [5, 5.41) is 22.9. The number of hydrogen-bond acceptors (Lipinski definition) is 5. The van der Waals surface area contributed by atoms with Gasteiger partial charge in [0.05, 0.1) is 24.6 Å². The maximum absolute atomic E-state index is 11.9. The quantitative estimate of drug-likeness (QED) is 0.535. The smallest absolute Gasteiger partial charge is 0.309 e. The number of unbranched alkanes of at least 4 members (excludes halogenated alkanes) is 1. The van der Waals surface area contributed by atoms with Gasteiger partial charge in [0.25, 0.3) is 0 Å². The summed E-state index contributed by atoms with van der Waals surface area (Å²) >= 11 is 3.44. The number of aliphatic hydroxyl groups excluding tert-OH is 1. The first-order chi connectivity index (χ1) is 13.4. The number of hydrogen-bond donors (Lipinski definition) is 3. The lowest BCUT2D eigenvalue weighted by Crippen LogP contribution is -2.30. The second-order valence-electron chi connectivity index (χ2n) is 7.46. The second kappa shape index (κ2) is 8.87. The molecule has 2 atom stereocenters. The van der Waals surface area contributed by atoms with Crippen LogP contribution in [0.4, 0.5) is 5.82 Å². The van der Waals surface area contributed by atoms with Crippen LogP contribution in [0.25, 0.3) is 0 Å². The summed E-state index contributed by atoms with van der Waals surface area (Å²) in [7, 11) is 0. The summed E-state index contributed by atoms with van der Waals surface area (Å²) < 4.78 is 2.90. The minimum atomic E-state index is -0.812. The van der Waals surface area contributed by atoms with Crippen molar-refractivity contribution in [3.05, 3.63) is 46.3 Å². The number of fused-ring (bicyclic) bond motifs is 1. The Morgan fingerprint density at radius 2 is 2.25 bits per heavy atom. The molecule has 0 spiro atoms. The number of carboxylic acid groups (broad SMARTS) is 1. The molecule has 1 aromatic heterocycles. The minimum absolute atomic E-state index is 0.295. The number of anilines is 1. The number of aliphatic imine (C=N–C) groups is 1. The normalized spacial score (nSPS) is 18.0. The average Bonchev–Trinajstić information content (AvgIpc) is 2.95. The number of nitrogens with zero attached hydrogens (tertiary/aromatic N) is 3. The Hall–Kier alpha value is -2.19. The highest BCUT2D eigenvalue weighted by molar-refractivity contribution is 9.10. The lowest BCUT2D eigenvalue weighted by Gasteiger charge is -2.25. The van der Waals surface area contributed by atoms with E-state index in [0.29, 0.717) is 31.6 Å². The van der Waals surface area contributed by atoms with Gasteiger partial charge in [-0.25, -0.2) is 4.98 Å². The van der Waals surface area contributed by atoms with Crippen LogP contribution in [0.2, 0.25) is 0 Å². The molecule has 0 saturated carbocycles. The first kappa shape index (κ1) is 20.5. The number of aliphatic hydroxyl groups is 1. The molecule has 0 bridgehead atoms. The zero-order valence-electron chi connectivity index (χ0n) is 15.8. The van der Waals surface area contributed by atoms with Crippen LogP contribution in [-0.4, -0.2) is 38.6 Å². The van der Waals surface area contributed by atoms with Crippen LogP contribution >= 0.6 is 15.9 Å². The van der Waals surface area contributed by atoms with Crippen molar-refractivity contribution < 1.29 is 15.0 Å². The number of carboxylic acids is 1. The fraction of sp³-hybridized carbons (Fsp3) is 0.450. The zero-order chi connectivity index (χ0) is 20.1. The fourth-order valence-electron chi connectivity index (χ4n) is 3.48. The molecule has 1 aromatic carbocycles. The molecule has 0 aliphatic carbocycles. The van der Waals surface area contributed by atoms with E-state index in [1.165, 1.54) is 0 Å². The largest absolute Gasteiger partial charge is 0.481 e. The number of rotatable bonds is 8. The van der Waals surface area contributed by atoms with E-state index in [2.05, 4.69) is 31.2 Å². The van der Waals surface area contributed by atoms with Gasteiger partial charge in [-0.05, 0) is 43.9 Å².